The lowest BCUT2D eigenvalue weighted by Gasteiger charge is -2.17. The van der Waals surface area contributed by atoms with E-state index in [1.165, 1.54) is 12.8 Å². The number of carbonyl (C=O) groups excluding carboxylic acids is 1. The van der Waals surface area contributed by atoms with Gasteiger partial charge in [0.05, 0.1) is 6.04 Å². The number of nitrogens with two attached hydrogens (primary N) is 1. The fourth-order valence-corrected chi connectivity index (χ4v) is 1.86. The SMILES string of the molecule is CCCC(N)C(=O)NCC1(CCOC)CC1. The van der Waals surface area contributed by atoms with Crippen LogP contribution in [0.3, 0.4) is 0 Å². The lowest BCUT2D eigenvalue weighted by Crippen LogP contribution is -2.42. The van der Waals surface area contributed by atoms with Crippen LogP contribution in [-0.4, -0.2) is 32.2 Å². The number of methoxy groups -OCH3 is 1. The van der Waals surface area contributed by atoms with Crippen molar-refractivity contribution in [2.24, 2.45) is 11.1 Å². The largest absolute Gasteiger partial charge is 0.385 e. The van der Waals surface area contributed by atoms with Crippen LogP contribution < -0.4 is 11.1 Å². The van der Waals surface area contributed by atoms with Crippen LogP contribution in [0.2, 0.25) is 0 Å². The summed E-state index contributed by atoms with van der Waals surface area (Å²) in [4.78, 5) is 11.6. The molecule has 1 aliphatic rings. The number of rotatable bonds is 8. The predicted octanol–water partition coefficient (Wildman–Crippen LogP) is 1.05. The molecule has 0 radical (unpaired) electrons. The van der Waals surface area contributed by atoms with E-state index in [4.69, 9.17) is 10.5 Å². The highest BCUT2D eigenvalue weighted by molar-refractivity contribution is 5.81. The zero-order chi connectivity index (χ0) is 12.0. The monoisotopic (exact) mass is 228 g/mol. The molecule has 16 heavy (non-hydrogen) atoms. The third-order valence-electron chi connectivity index (χ3n) is 3.37. The summed E-state index contributed by atoms with van der Waals surface area (Å²) in [7, 11) is 1.71. The highest BCUT2D eigenvalue weighted by Gasteiger charge is 2.42. The zero-order valence-electron chi connectivity index (χ0n) is 10.4. The number of ether oxygens (including phenoxy) is 1. The van der Waals surface area contributed by atoms with E-state index in [2.05, 4.69) is 5.32 Å². The molecule has 1 atom stereocenters. The third-order valence-corrected chi connectivity index (χ3v) is 3.37. The molecule has 0 aliphatic heterocycles. The van der Waals surface area contributed by atoms with E-state index in [1.54, 1.807) is 7.11 Å². The van der Waals surface area contributed by atoms with Crippen molar-refractivity contribution >= 4 is 5.91 Å². The first-order valence-corrected chi connectivity index (χ1v) is 6.16. The van der Waals surface area contributed by atoms with Crippen LogP contribution in [0.1, 0.15) is 39.0 Å². The molecule has 94 valence electrons. The molecule has 0 aromatic carbocycles. The average molecular weight is 228 g/mol. The maximum atomic E-state index is 11.6. The standard InChI is InChI=1S/C12H24N2O2/c1-3-4-10(13)11(15)14-9-12(5-6-12)7-8-16-2/h10H,3-9,13H2,1-2H3,(H,14,15). The lowest BCUT2D eigenvalue weighted by atomic mass is 10.0. The second-order valence-corrected chi connectivity index (χ2v) is 4.86. The summed E-state index contributed by atoms with van der Waals surface area (Å²) in [5.74, 6) is -0.00876. The molecular formula is C12H24N2O2. The van der Waals surface area contributed by atoms with Gasteiger partial charge in [0.2, 0.25) is 5.91 Å². The molecule has 1 amide bonds. The molecule has 1 rings (SSSR count). The molecule has 0 spiro atoms. The van der Waals surface area contributed by atoms with Gasteiger partial charge in [-0.2, -0.15) is 0 Å². The molecule has 0 bridgehead atoms. The number of hydrogen-bond donors (Lipinski definition) is 2. The Labute approximate surface area is 97.9 Å². The van der Waals surface area contributed by atoms with E-state index in [9.17, 15) is 4.79 Å². The van der Waals surface area contributed by atoms with Crippen molar-refractivity contribution in [1.82, 2.24) is 5.32 Å². The van der Waals surface area contributed by atoms with Crippen molar-refractivity contribution in [3.05, 3.63) is 0 Å². The second kappa shape index (κ2) is 6.21. The van der Waals surface area contributed by atoms with E-state index in [1.807, 2.05) is 6.92 Å². The topological polar surface area (TPSA) is 64.4 Å². The normalized spacial score (nSPS) is 19.2. The van der Waals surface area contributed by atoms with Crippen LogP contribution in [0.5, 0.6) is 0 Å². The molecular weight excluding hydrogens is 204 g/mol. The van der Waals surface area contributed by atoms with Gasteiger partial charge in [0.15, 0.2) is 0 Å². The van der Waals surface area contributed by atoms with Gasteiger partial charge < -0.3 is 15.8 Å². The van der Waals surface area contributed by atoms with E-state index >= 15 is 0 Å². The Morgan fingerprint density at radius 1 is 1.56 bits per heavy atom. The number of nitrogens with one attached hydrogen (secondary N) is 1. The molecule has 1 fully saturated rings. The highest BCUT2D eigenvalue weighted by atomic mass is 16.5. The molecule has 0 heterocycles. The minimum absolute atomic E-state index is 0.00876. The lowest BCUT2D eigenvalue weighted by molar-refractivity contribution is -0.122. The van der Waals surface area contributed by atoms with Crippen LogP contribution >= 0.6 is 0 Å². The summed E-state index contributed by atoms with van der Waals surface area (Å²) in [6, 6.07) is -0.344. The maximum absolute atomic E-state index is 11.6. The van der Waals surface area contributed by atoms with Crippen molar-refractivity contribution in [2.45, 2.75) is 45.1 Å². The summed E-state index contributed by atoms with van der Waals surface area (Å²) in [5.41, 5.74) is 6.04. The van der Waals surface area contributed by atoms with E-state index in [-0.39, 0.29) is 11.9 Å². The first-order valence-electron chi connectivity index (χ1n) is 6.16. The van der Waals surface area contributed by atoms with E-state index < -0.39 is 0 Å². The summed E-state index contributed by atoms with van der Waals surface area (Å²) in [6.07, 6.45) is 5.13. The van der Waals surface area contributed by atoms with Gasteiger partial charge >= 0.3 is 0 Å². The molecule has 4 heteroatoms. The number of hydrogen-bond acceptors (Lipinski definition) is 3. The van der Waals surface area contributed by atoms with Gasteiger partial charge in [-0.15, -0.1) is 0 Å². The Hall–Kier alpha value is -0.610. The third kappa shape index (κ3) is 4.10. The van der Waals surface area contributed by atoms with Crippen LogP contribution in [0.25, 0.3) is 0 Å². The zero-order valence-corrected chi connectivity index (χ0v) is 10.4. The van der Waals surface area contributed by atoms with Gasteiger partial charge in [0.1, 0.15) is 0 Å². The van der Waals surface area contributed by atoms with Gasteiger partial charge in [0, 0.05) is 20.3 Å². The molecule has 4 nitrogen and oxygen atoms in total. The summed E-state index contributed by atoms with van der Waals surface area (Å²) < 4.78 is 5.07. The van der Waals surface area contributed by atoms with E-state index in [0.717, 1.165) is 32.4 Å². The first kappa shape index (κ1) is 13.5. The molecule has 1 saturated carbocycles. The molecule has 0 saturated heterocycles. The Kier molecular flexibility index (Phi) is 5.22. The van der Waals surface area contributed by atoms with Crippen molar-refractivity contribution < 1.29 is 9.53 Å². The van der Waals surface area contributed by atoms with Crippen LogP contribution in [0, 0.1) is 5.41 Å². The van der Waals surface area contributed by atoms with Crippen LogP contribution in [0.4, 0.5) is 0 Å². The predicted molar refractivity (Wildman–Crippen MR) is 64.1 cm³/mol. The minimum atomic E-state index is -0.344. The number of carbonyl (C=O) groups is 1. The van der Waals surface area contributed by atoms with Crippen LogP contribution in [-0.2, 0) is 9.53 Å². The van der Waals surface area contributed by atoms with Gasteiger partial charge in [-0.25, -0.2) is 0 Å². The Morgan fingerprint density at radius 3 is 2.75 bits per heavy atom. The van der Waals surface area contributed by atoms with Crippen molar-refractivity contribution in [2.75, 3.05) is 20.3 Å². The Bertz CT molecular complexity index is 227. The van der Waals surface area contributed by atoms with Crippen molar-refractivity contribution in [1.29, 1.82) is 0 Å². The fourth-order valence-electron chi connectivity index (χ4n) is 1.86. The summed E-state index contributed by atoms with van der Waals surface area (Å²) in [6.45, 7) is 3.57. The van der Waals surface area contributed by atoms with Gasteiger partial charge in [-0.05, 0) is 31.1 Å². The second-order valence-electron chi connectivity index (χ2n) is 4.86. The van der Waals surface area contributed by atoms with Gasteiger partial charge in [0.25, 0.3) is 0 Å². The first-order chi connectivity index (χ1) is 7.63. The van der Waals surface area contributed by atoms with Gasteiger partial charge in [-0.3, -0.25) is 4.79 Å². The van der Waals surface area contributed by atoms with Gasteiger partial charge in [-0.1, -0.05) is 13.3 Å². The van der Waals surface area contributed by atoms with Crippen LogP contribution in [0.15, 0.2) is 0 Å². The summed E-state index contributed by atoms with van der Waals surface area (Å²) in [5, 5.41) is 2.96. The molecule has 0 aromatic heterocycles. The fraction of sp³-hybridized carbons (Fsp3) is 0.917. The van der Waals surface area contributed by atoms with Crippen molar-refractivity contribution in [3.8, 4) is 0 Å². The smallest absolute Gasteiger partial charge is 0.236 e. The minimum Gasteiger partial charge on any atom is -0.385 e. The molecule has 1 aliphatic carbocycles. The molecule has 1 unspecified atom stereocenters. The quantitative estimate of drug-likeness (QED) is 0.652. The maximum Gasteiger partial charge on any atom is 0.236 e. The Balaban J connectivity index is 2.21. The van der Waals surface area contributed by atoms with E-state index in [0.29, 0.717) is 5.41 Å². The molecule has 3 N–H and O–H groups in total. The number of amides is 1. The molecule has 0 aromatic rings. The average Bonchev–Trinajstić information content (AvgIpc) is 3.04. The highest BCUT2D eigenvalue weighted by Crippen LogP contribution is 2.48. The summed E-state index contributed by atoms with van der Waals surface area (Å²) >= 11 is 0. The Morgan fingerprint density at radius 2 is 2.25 bits per heavy atom. The van der Waals surface area contributed by atoms with Crippen molar-refractivity contribution in [3.63, 3.8) is 0 Å².